The number of amides is 2. The van der Waals surface area contributed by atoms with Crippen LogP contribution in [-0.4, -0.2) is 45.1 Å². The molecule has 0 radical (unpaired) electrons. The maximum atomic E-state index is 12.9. The van der Waals surface area contributed by atoms with Gasteiger partial charge in [-0.05, 0) is 42.8 Å². The van der Waals surface area contributed by atoms with E-state index < -0.39 is 0 Å². The van der Waals surface area contributed by atoms with Crippen LogP contribution in [-0.2, 0) is 13.1 Å². The highest BCUT2D eigenvalue weighted by molar-refractivity contribution is 6.29. The molecule has 1 N–H and O–H groups in total. The lowest BCUT2D eigenvalue weighted by molar-refractivity contribution is 0.0738. The number of hydrogen-bond acceptors (Lipinski definition) is 5. The zero-order valence-corrected chi connectivity index (χ0v) is 17.1. The van der Waals surface area contributed by atoms with E-state index in [0.29, 0.717) is 35.8 Å². The Balaban J connectivity index is 1.55. The molecular weight excluding hydrogens is 406 g/mol. The van der Waals surface area contributed by atoms with Crippen LogP contribution < -0.4 is 10.1 Å². The van der Waals surface area contributed by atoms with Crippen LogP contribution in [0.4, 0.5) is 5.69 Å². The molecule has 0 bridgehead atoms. The summed E-state index contributed by atoms with van der Waals surface area (Å²) in [5.74, 6) is 0.196. The Morgan fingerprint density at radius 2 is 1.93 bits per heavy atom. The Kier molecular flexibility index (Phi) is 5.67. The van der Waals surface area contributed by atoms with Crippen LogP contribution in [0.15, 0.2) is 48.7 Å². The number of aromatic nitrogens is 3. The number of halogens is 1. The molecule has 0 spiro atoms. The first-order valence-corrected chi connectivity index (χ1v) is 9.85. The van der Waals surface area contributed by atoms with E-state index in [0.717, 1.165) is 6.42 Å². The standard InChI is InChI=1S/C21H20ClN5O3/c1-30-15-8-6-14(7-9-15)24-20(28)16-12-23-27-11-3-10-26(13-18(16)27)21(29)17-4-2-5-19(22)25-17/h2,4-9,12H,3,10-11,13H2,1H3,(H,24,28). The van der Waals surface area contributed by atoms with Gasteiger partial charge in [0.15, 0.2) is 0 Å². The average Bonchev–Trinajstić information content (AvgIpc) is 3.03. The zero-order valence-electron chi connectivity index (χ0n) is 16.3. The van der Waals surface area contributed by atoms with Gasteiger partial charge in [0.2, 0.25) is 0 Å². The molecule has 0 fully saturated rings. The van der Waals surface area contributed by atoms with Crippen molar-refractivity contribution in [1.82, 2.24) is 19.7 Å². The van der Waals surface area contributed by atoms with Crippen LogP contribution in [0.1, 0.15) is 33.0 Å². The van der Waals surface area contributed by atoms with Gasteiger partial charge >= 0.3 is 0 Å². The Hall–Kier alpha value is -3.39. The number of benzene rings is 1. The van der Waals surface area contributed by atoms with Gasteiger partial charge in [-0.15, -0.1) is 0 Å². The number of hydrogen-bond donors (Lipinski definition) is 1. The van der Waals surface area contributed by atoms with Crippen LogP contribution in [0.2, 0.25) is 5.15 Å². The minimum atomic E-state index is -0.281. The summed E-state index contributed by atoms with van der Waals surface area (Å²) < 4.78 is 6.92. The van der Waals surface area contributed by atoms with Crippen LogP contribution in [0.5, 0.6) is 5.75 Å². The van der Waals surface area contributed by atoms with Crippen LogP contribution in [0.3, 0.4) is 0 Å². The Labute approximate surface area is 178 Å². The number of ether oxygens (including phenoxy) is 1. The molecule has 1 aliphatic heterocycles. The Morgan fingerprint density at radius 3 is 2.67 bits per heavy atom. The largest absolute Gasteiger partial charge is 0.497 e. The summed E-state index contributed by atoms with van der Waals surface area (Å²) in [5.41, 5.74) is 2.04. The third-order valence-electron chi connectivity index (χ3n) is 4.90. The first kappa shape index (κ1) is 19.9. The fraction of sp³-hybridized carbons (Fsp3) is 0.238. The number of anilines is 1. The first-order chi connectivity index (χ1) is 14.5. The van der Waals surface area contributed by atoms with Gasteiger partial charge in [-0.25, -0.2) is 4.98 Å². The highest BCUT2D eigenvalue weighted by atomic mass is 35.5. The van der Waals surface area contributed by atoms with Gasteiger partial charge in [0.25, 0.3) is 11.8 Å². The smallest absolute Gasteiger partial charge is 0.272 e. The quantitative estimate of drug-likeness (QED) is 0.648. The van der Waals surface area contributed by atoms with Crippen molar-refractivity contribution in [3.63, 3.8) is 0 Å². The molecule has 0 aliphatic carbocycles. The Bertz CT molecular complexity index is 1080. The van der Waals surface area contributed by atoms with Crippen LogP contribution in [0, 0.1) is 0 Å². The van der Waals surface area contributed by atoms with Crippen molar-refractivity contribution in [1.29, 1.82) is 0 Å². The van der Waals surface area contributed by atoms with E-state index in [9.17, 15) is 9.59 Å². The molecule has 0 saturated heterocycles. The highest BCUT2D eigenvalue weighted by Gasteiger charge is 2.26. The lowest BCUT2D eigenvalue weighted by atomic mass is 10.2. The lowest BCUT2D eigenvalue weighted by Crippen LogP contribution is -2.32. The fourth-order valence-corrected chi connectivity index (χ4v) is 3.53. The number of rotatable bonds is 4. The third-order valence-corrected chi connectivity index (χ3v) is 5.11. The van der Waals surface area contributed by atoms with Gasteiger partial charge < -0.3 is 15.0 Å². The van der Waals surface area contributed by atoms with Gasteiger partial charge in [-0.2, -0.15) is 5.10 Å². The SMILES string of the molecule is COc1ccc(NC(=O)c2cnn3c2CN(C(=O)c2cccc(Cl)n2)CCC3)cc1. The van der Waals surface area contributed by atoms with Crippen molar-refractivity contribution in [3.8, 4) is 5.75 Å². The number of methoxy groups -OCH3 is 1. The minimum Gasteiger partial charge on any atom is -0.497 e. The summed E-state index contributed by atoms with van der Waals surface area (Å²) in [6.45, 7) is 1.42. The highest BCUT2D eigenvalue weighted by Crippen LogP contribution is 2.21. The van der Waals surface area contributed by atoms with Crippen molar-refractivity contribution >= 4 is 29.1 Å². The molecule has 2 amide bonds. The number of nitrogens with zero attached hydrogens (tertiary/aromatic N) is 4. The van der Waals surface area contributed by atoms with Crippen molar-refractivity contribution in [2.75, 3.05) is 19.0 Å². The van der Waals surface area contributed by atoms with E-state index >= 15 is 0 Å². The molecule has 8 nitrogen and oxygen atoms in total. The van der Waals surface area contributed by atoms with E-state index in [2.05, 4.69) is 15.4 Å². The van der Waals surface area contributed by atoms with Gasteiger partial charge in [0, 0.05) is 18.8 Å². The summed E-state index contributed by atoms with van der Waals surface area (Å²) in [4.78, 5) is 31.6. The third kappa shape index (κ3) is 4.13. The summed E-state index contributed by atoms with van der Waals surface area (Å²) >= 11 is 5.93. The van der Waals surface area contributed by atoms with Gasteiger partial charge in [-0.3, -0.25) is 14.3 Å². The van der Waals surface area contributed by atoms with E-state index in [1.165, 1.54) is 0 Å². The second-order valence-electron chi connectivity index (χ2n) is 6.84. The van der Waals surface area contributed by atoms with E-state index in [1.807, 2.05) is 0 Å². The molecule has 2 aromatic heterocycles. The van der Waals surface area contributed by atoms with Crippen LogP contribution in [0.25, 0.3) is 0 Å². The zero-order chi connectivity index (χ0) is 21.1. The topological polar surface area (TPSA) is 89.4 Å². The molecule has 9 heteroatoms. The second-order valence-corrected chi connectivity index (χ2v) is 7.22. The maximum Gasteiger partial charge on any atom is 0.272 e. The fourth-order valence-electron chi connectivity index (χ4n) is 3.37. The molecule has 0 unspecified atom stereocenters. The number of carbonyl (C=O) groups is 2. The minimum absolute atomic E-state index is 0.228. The maximum absolute atomic E-state index is 12.9. The normalized spacial score (nSPS) is 13.3. The molecule has 0 atom stereocenters. The summed E-state index contributed by atoms with van der Waals surface area (Å²) in [5, 5.41) is 7.48. The second kappa shape index (κ2) is 8.54. The predicted octanol–water partition coefficient (Wildman–Crippen LogP) is 3.24. The number of fused-ring (bicyclic) bond motifs is 1. The van der Waals surface area contributed by atoms with Crippen molar-refractivity contribution < 1.29 is 14.3 Å². The Morgan fingerprint density at radius 1 is 1.13 bits per heavy atom. The predicted molar refractivity (Wildman–Crippen MR) is 112 cm³/mol. The number of carbonyl (C=O) groups excluding carboxylic acids is 2. The molecule has 3 heterocycles. The molecule has 0 saturated carbocycles. The lowest BCUT2D eigenvalue weighted by Gasteiger charge is -2.20. The van der Waals surface area contributed by atoms with E-state index in [1.54, 1.807) is 65.4 Å². The molecule has 3 aromatic rings. The van der Waals surface area contributed by atoms with Crippen LogP contribution >= 0.6 is 11.6 Å². The average molecular weight is 426 g/mol. The molecule has 154 valence electrons. The van der Waals surface area contributed by atoms with Crippen molar-refractivity contribution in [3.05, 3.63) is 70.8 Å². The van der Waals surface area contributed by atoms with E-state index in [4.69, 9.17) is 16.3 Å². The van der Waals surface area contributed by atoms with Crippen molar-refractivity contribution in [2.45, 2.75) is 19.5 Å². The van der Waals surface area contributed by atoms with Gasteiger partial charge in [0.05, 0.1) is 31.1 Å². The van der Waals surface area contributed by atoms with E-state index in [-0.39, 0.29) is 29.2 Å². The molecular formula is C21H20ClN5O3. The van der Waals surface area contributed by atoms with Crippen molar-refractivity contribution in [2.24, 2.45) is 0 Å². The first-order valence-electron chi connectivity index (χ1n) is 9.47. The molecule has 1 aromatic carbocycles. The number of aryl methyl sites for hydroxylation is 1. The van der Waals surface area contributed by atoms with Gasteiger partial charge in [0.1, 0.15) is 16.6 Å². The summed E-state index contributed by atoms with van der Waals surface area (Å²) in [7, 11) is 1.58. The molecule has 4 rings (SSSR count). The molecule has 30 heavy (non-hydrogen) atoms. The molecule has 1 aliphatic rings. The van der Waals surface area contributed by atoms with Gasteiger partial charge in [-0.1, -0.05) is 17.7 Å². The summed E-state index contributed by atoms with van der Waals surface area (Å²) in [6.07, 6.45) is 2.26. The monoisotopic (exact) mass is 425 g/mol. The number of nitrogens with one attached hydrogen (secondary N) is 1. The number of pyridine rings is 1. The summed E-state index contributed by atoms with van der Waals surface area (Å²) in [6, 6.07) is 12.0.